The minimum absolute atomic E-state index is 0.0278. The van der Waals surface area contributed by atoms with Crippen LogP contribution in [-0.2, 0) is 10.0 Å². The Morgan fingerprint density at radius 2 is 1.60 bits per heavy atom. The SMILES string of the molecule is Cc1ccc(S(=O)(=O)Nc2ccc(Cl)c(C(=O)Nc3ccccc3C(N)=O)c2)cc1. The number of rotatable bonds is 6. The van der Waals surface area contributed by atoms with Crippen molar-refractivity contribution in [2.75, 3.05) is 10.0 Å². The summed E-state index contributed by atoms with van der Waals surface area (Å²) in [5.41, 5.74) is 6.80. The van der Waals surface area contributed by atoms with Gasteiger partial charge in [-0.05, 0) is 49.4 Å². The molecule has 0 radical (unpaired) electrons. The van der Waals surface area contributed by atoms with E-state index in [1.165, 1.54) is 42.5 Å². The molecule has 7 nitrogen and oxygen atoms in total. The average Bonchev–Trinajstić information content (AvgIpc) is 2.69. The van der Waals surface area contributed by atoms with Crippen molar-refractivity contribution in [3.63, 3.8) is 0 Å². The molecule has 154 valence electrons. The predicted octanol–water partition coefficient (Wildman–Crippen LogP) is 3.80. The number of carbonyl (C=O) groups is 2. The van der Waals surface area contributed by atoms with Crippen LogP contribution in [0.3, 0.4) is 0 Å². The molecule has 30 heavy (non-hydrogen) atoms. The molecule has 0 unspecified atom stereocenters. The molecule has 2 amide bonds. The minimum Gasteiger partial charge on any atom is -0.366 e. The van der Waals surface area contributed by atoms with Gasteiger partial charge < -0.3 is 11.1 Å². The number of nitrogens with one attached hydrogen (secondary N) is 2. The summed E-state index contributed by atoms with van der Waals surface area (Å²) < 4.78 is 27.6. The van der Waals surface area contributed by atoms with E-state index < -0.39 is 21.8 Å². The smallest absolute Gasteiger partial charge is 0.261 e. The van der Waals surface area contributed by atoms with Crippen LogP contribution in [0.5, 0.6) is 0 Å². The highest BCUT2D eigenvalue weighted by molar-refractivity contribution is 7.92. The van der Waals surface area contributed by atoms with Gasteiger partial charge in [0.1, 0.15) is 0 Å². The maximum Gasteiger partial charge on any atom is 0.261 e. The number of amides is 2. The van der Waals surface area contributed by atoms with E-state index in [1.54, 1.807) is 24.3 Å². The van der Waals surface area contributed by atoms with Crippen molar-refractivity contribution in [2.24, 2.45) is 5.73 Å². The number of aryl methyl sites for hydroxylation is 1. The Hall–Kier alpha value is -3.36. The topological polar surface area (TPSA) is 118 Å². The summed E-state index contributed by atoms with van der Waals surface area (Å²) in [5, 5.41) is 2.69. The standard InChI is InChI=1S/C21H18ClN3O4S/c1-13-6-9-15(10-7-13)30(28,29)25-14-8-11-18(22)17(12-14)21(27)24-19-5-3-2-4-16(19)20(23)26/h2-12,25H,1H3,(H2,23,26)(H,24,27). The number of hydrogen-bond acceptors (Lipinski definition) is 4. The van der Waals surface area contributed by atoms with Crippen molar-refractivity contribution in [2.45, 2.75) is 11.8 Å². The molecule has 0 atom stereocenters. The third-order valence-electron chi connectivity index (χ3n) is 4.24. The summed E-state index contributed by atoms with van der Waals surface area (Å²) in [4.78, 5) is 24.3. The number of halogens is 1. The van der Waals surface area contributed by atoms with E-state index in [2.05, 4.69) is 10.0 Å². The number of nitrogens with two attached hydrogens (primary N) is 1. The molecule has 3 aromatic carbocycles. The normalized spacial score (nSPS) is 11.0. The second kappa shape index (κ2) is 8.56. The van der Waals surface area contributed by atoms with Gasteiger partial charge in [0.2, 0.25) is 0 Å². The monoisotopic (exact) mass is 443 g/mol. The lowest BCUT2D eigenvalue weighted by Gasteiger charge is -2.12. The van der Waals surface area contributed by atoms with Crippen LogP contribution in [0.2, 0.25) is 5.02 Å². The molecule has 0 aliphatic rings. The molecule has 0 aliphatic heterocycles. The Balaban J connectivity index is 1.87. The van der Waals surface area contributed by atoms with Crippen LogP contribution in [0.15, 0.2) is 71.6 Å². The van der Waals surface area contributed by atoms with Crippen LogP contribution in [0, 0.1) is 6.92 Å². The van der Waals surface area contributed by atoms with E-state index in [0.717, 1.165) is 5.56 Å². The Morgan fingerprint density at radius 1 is 0.933 bits per heavy atom. The molecule has 0 fully saturated rings. The fourth-order valence-electron chi connectivity index (χ4n) is 2.69. The van der Waals surface area contributed by atoms with E-state index in [4.69, 9.17) is 17.3 Å². The van der Waals surface area contributed by atoms with Gasteiger partial charge in [-0.1, -0.05) is 41.4 Å². The zero-order chi connectivity index (χ0) is 21.9. The Morgan fingerprint density at radius 3 is 2.27 bits per heavy atom. The summed E-state index contributed by atoms with van der Waals surface area (Å²) in [6, 6.07) is 16.8. The Kier molecular flexibility index (Phi) is 6.09. The van der Waals surface area contributed by atoms with Crippen molar-refractivity contribution < 1.29 is 18.0 Å². The van der Waals surface area contributed by atoms with Crippen molar-refractivity contribution in [1.29, 1.82) is 0 Å². The number of hydrogen-bond donors (Lipinski definition) is 3. The average molecular weight is 444 g/mol. The van der Waals surface area contributed by atoms with Crippen LogP contribution in [0.25, 0.3) is 0 Å². The first-order valence-corrected chi connectivity index (χ1v) is 10.6. The van der Waals surface area contributed by atoms with Crippen LogP contribution < -0.4 is 15.8 Å². The quantitative estimate of drug-likeness (QED) is 0.536. The zero-order valence-electron chi connectivity index (χ0n) is 15.8. The predicted molar refractivity (Wildman–Crippen MR) is 116 cm³/mol. The summed E-state index contributed by atoms with van der Waals surface area (Å²) >= 11 is 6.14. The maximum absolute atomic E-state index is 12.7. The molecule has 3 rings (SSSR count). The number of benzene rings is 3. The highest BCUT2D eigenvalue weighted by Crippen LogP contribution is 2.25. The minimum atomic E-state index is -3.85. The molecule has 9 heteroatoms. The van der Waals surface area contributed by atoms with Gasteiger partial charge in [-0.3, -0.25) is 14.3 Å². The summed E-state index contributed by atoms with van der Waals surface area (Å²) in [7, 11) is -3.85. The lowest BCUT2D eigenvalue weighted by atomic mass is 10.1. The van der Waals surface area contributed by atoms with E-state index >= 15 is 0 Å². The van der Waals surface area contributed by atoms with Crippen molar-refractivity contribution in [1.82, 2.24) is 0 Å². The third-order valence-corrected chi connectivity index (χ3v) is 5.96. The van der Waals surface area contributed by atoms with Gasteiger partial charge in [0.25, 0.3) is 21.8 Å². The second-order valence-electron chi connectivity index (χ2n) is 6.48. The van der Waals surface area contributed by atoms with Crippen LogP contribution >= 0.6 is 11.6 Å². The molecule has 0 aromatic heterocycles. The van der Waals surface area contributed by atoms with Gasteiger partial charge in [-0.25, -0.2) is 8.42 Å². The van der Waals surface area contributed by atoms with Crippen molar-refractivity contribution >= 4 is 44.8 Å². The van der Waals surface area contributed by atoms with Gasteiger partial charge in [0.05, 0.1) is 26.7 Å². The van der Waals surface area contributed by atoms with Crippen molar-refractivity contribution in [3.05, 3.63) is 88.4 Å². The van der Waals surface area contributed by atoms with E-state index in [1.807, 2.05) is 6.92 Å². The molecule has 0 heterocycles. The summed E-state index contributed by atoms with van der Waals surface area (Å²) in [5.74, 6) is -1.32. The molecular weight excluding hydrogens is 426 g/mol. The molecule has 0 aliphatic carbocycles. The second-order valence-corrected chi connectivity index (χ2v) is 8.57. The third kappa shape index (κ3) is 4.79. The van der Waals surface area contributed by atoms with Gasteiger partial charge >= 0.3 is 0 Å². The van der Waals surface area contributed by atoms with E-state index in [-0.39, 0.29) is 32.4 Å². The Labute approximate surface area is 178 Å². The van der Waals surface area contributed by atoms with Crippen LogP contribution in [0.4, 0.5) is 11.4 Å². The number of sulfonamides is 1. The number of primary amides is 1. The molecule has 4 N–H and O–H groups in total. The number of carbonyl (C=O) groups excluding carboxylic acids is 2. The highest BCUT2D eigenvalue weighted by atomic mass is 35.5. The van der Waals surface area contributed by atoms with E-state index in [9.17, 15) is 18.0 Å². The van der Waals surface area contributed by atoms with Gasteiger partial charge in [0.15, 0.2) is 0 Å². The maximum atomic E-state index is 12.7. The molecule has 0 spiro atoms. The summed E-state index contributed by atoms with van der Waals surface area (Å²) in [6.45, 7) is 1.85. The van der Waals surface area contributed by atoms with Crippen LogP contribution in [-0.4, -0.2) is 20.2 Å². The van der Waals surface area contributed by atoms with Gasteiger partial charge in [-0.15, -0.1) is 0 Å². The molecule has 0 bridgehead atoms. The largest absolute Gasteiger partial charge is 0.366 e. The van der Waals surface area contributed by atoms with Gasteiger partial charge in [-0.2, -0.15) is 0 Å². The van der Waals surface area contributed by atoms with Gasteiger partial charge in [0, 0.05) is 5.69 Å². The molecule has 0 saturated carbocycles. The number of anilines is 2. The first-order valence-electron chi connectivity index (χ1n) is 8.76. The number of para-hydroxylation sites is 1. The summed E-state index contributed by atoms with van der Waals surface area (Å²) in [6.07, 6.45) is 0. The van der Waals surface area contributed by atoms with Crippen LogP contribution in [0.1, 0.15) is 26.3 Å². The van der Waals surface area contributed by atoms with Crippen molar-refractivity contribution in [3.8, 4) is 0 Å². The molecular formula is C21H18ClN3O4S. The highest BCUT2D eigenvalue weighted by Gasteiger charge is 2.18. The fraction of sp³-hybridized carbons (Fsp3) is 0.0476. The zero-order valence-corrected chi connectivity index (χ0v) is 17.4. The fourth-order valence-corrected chi connectivity index (χ4v) is 3.94. The Bertz CT molecular complexity index is 1230. The first kappa shape index (κ1) is 21.4. The first-order chi connectivity index (χ1) is 14.2. The van der Waals surface area contributed by atoms with E-state index in [0.29, 0.717) is 0 Å². The molecule has 3 aromatic rings. The molecule has 0 saturated heterocycles. The lowest BCUT2D eigenvalue weighted by Crippen LogP contribution is -2.19. The lowest BCUT2D eigenvalue weighted by molar-refractivity contribution is 0.100.